The highest BCUT2D eigenvalue weighted by Crippen LogP contribution is 2.58. The van der Waals surface area contributed by atoms with Gasteiger partial charge in [-0.3, -0.25) is 4.79 Å². The first kappa shape index (κ1) is 13.3. The Morgan fingerprint density at radius 2 is 1.83 bits per heavy atom. The molecule has 3 aliphatic rings. The Hall–Kier alpha value is -2.15. The molecule has 1 nitrogen and oxygen atoms in total. The second-order valence-corrected chi connectivity index (χ2v) is 7.36. The van der Waals surface area contributed by atoms with E-state index < -0.39 is 0 Å². The molecule has 1 spiro atoms. The molecule has 0 amide bonds. The molecule has 0 N–H and O–H groups in total. The average molecular weight is 300 g/mol. The van der Waals surface area contributed by atoms with Crippen molar-refractivity contribution in [2.45, 2.75) is 31.1 Å². The van der Waals surface area contributed by atoms with Crippen LogP contribution in [0.3, 0.4) is 0 Å². The Morgan fingerprint density at radius 3 is 2.57 bits per heavy atom. The first-order valence-corrected chi connectivity index (χ1v) is 8.68. The summed E-state index contributed by atoms with van der Waals surface area (Å²) in [6.45, 7) is 0. The highest BCUT2D eigenvalue weighted by molar-refractivity contribution is 6.05. The number of benzene rings is 2. The van der Waals surface area contributed by atoms with E-state index in [1.54, 1.807) is 0 Å². The van der Waals surface area contributed by atoms with E-state index in [1.165, 1.54) is 18.4 Å². The first-order chi connectivity index (χ1) is 11.3. The average Bonchev–Trinajstić information content (AvgIpc) is 3.20. The van der Waals surface area contributed by atoms with E-state index in [0.29, 0.717) is 18.1 Å². The fraction of sp³-hybridized carbons (Fsp3) is 0.318. The minimum absolute atomic E-state index is 0.216. The van der Waals surface area contributed by atoms with Gasteiger partial charge in [-0.15, -0.1) is 0 Å². The molecule has 1 saturated carbocycles. The zero-order valence-corrected chi connectivity index (χ0v) is 13.2. The van der Waals surface area contributed by atoms with E-state index >= 15 is 0 Å². The Morgan fingerprint density at radius 1 is 0.957 bits per heavy atom. The van der Waals surface area contributed by atoms with Gasteiger partial charge in [0.05, 0.1) is 0 Å². The summed E-state index contributed by atoms with van der Waals surface area (Å²) in [4.78, 5) is 12.8. The van der Waals surface area contributed by atoms with Crippen LogP contribution in [0.5, 0.6) is 0 Å². The van der Waals surface area contributed by atoms with Crippen molar-refractivity contribution in [1.29, 1.82) is 0 Å². The molecule has 3 atom stereocenters. The Kier molecular flexibility index (Phi) is 2.70. The van der Waals surface area contributed by atoms with Gasteiger partial charge in [-0.1, -0.05) is 60.7 Å². The number of fused-ring (bicyclic) bond motifs is 5. The van der Waals surface area contributed by atoms with Crippen molar-refractivity contribution in [3.05, 3.63) is 71.8 Å². The van der Waals surface area contributed by atoms with Gasteiger partial charge in [0.15, 0.2) is 5.78 Å². The molecular formula is C22H20O. The smallest absolute Gasteiger partial charge is 0.163 e. The lowest BCUT2D eigenvalue weighted by Gasteiger charge is -2.41. The van der Waals surface area contributed by atoms with E-state index in [-0.39, 0.29) is 5.41 Å². The van der Waals surface area contributed by atoms with Crippen LogP contribution < -0.4 is 0 Å². The van der Waals surface area contributed by atoms with Gasteiger partial charge in [-0.2, -0.15) is 0 Å². The number of Topliss-reactive ketones (excluding diaryl/α,β-unsaturated/α-hetero) is 1. The third-order valence-electron chi connectivity index (χ3n) is 6.27. The summed E-state index contributed by atoms with van der Waals surface area (Å²) in [6.07, 6.45) is 9.06. The fourth-order valence-corrected chi connectivity index (χ4v) is 5.27. The van der Waals surface area contributed by atoms with Crippen LogP contribution in [0.1, 0.15) is 41.6 Å². The van der Waals surface area contributed by atoms with Crippen LogP contribution in [-0.4, -0.2) is 5.78 Å². The Balaban J connectivity index is 1.74. The van der Waals surface area contributed by atoms with Crippen LogP contribution in [-0.2, 0) is 5.41 Å². The lowest BCUT2D eigenvalue weighted by molar-refractivity contribution is 0.0944. The normalized spacial score (nSPS) is 30.9. The van der Waals surface area contributed by atoms with Gasteiger partial charge < -0.3 is 0 Å². The molecule has 0 saturated heterocycles. The number of ketones is 1. The van der Waals surface area contributed by atoms with Crippen molar-refractivity contribution < 1.29 is 4.79 Å². The van der Waals surface area contributed by atoms with Crippen LogP contribution in [0.25, 0.3) is 11.1 Å². The minimum atomic E-state index is 0.216. The molecule has 2 bridgehead atoms. The molecule has 2 aromatic carbocycles. The Bertz CT molecular complexity index is 817. The van der Waals surface area contributed by atoms with Gasteiger partial charge >= 0.3 is 0 Å². The molecule has 3 aliphatic carbocycles. The molecule has 114 valence electrons. The molecule has 3 unspecified atom stereocenters. The minimum Gasteiger partial charge on any atom is -0.294 e. The third kappa shape index (κ3) is 1.77. The fourth-order valence-electron chi connectivity index (χ4n) is 5.27. The zero-order chi connectivity index (χ0) is 15.4. The van der Waals surface area contributed by atoms with Gasteiger partial charge in [0, 0.05) is 17.4 Å². The van der Waals surface area contributed by atoms with E-state index in [2.05, 4.69) is 54.6 Å². The van der Waals surface area contributed by atoms with Crippen molar-refractivity contribution >= 4 is 5.78 Å². The van der Waals surface area contributed by atoms with E-state index in [0.717, 1.165) is 29.0 Å². The summed E-state index contributed by atoms with van der Waals surface area (Å²) < 4.78 is 0. The second kappa shape index (κ2) is 4.67. The van der Waals surface area contributed by atoms with Crippen molar-refractivity contribution in [2.24, 2.45) is 11.8 Å². The molecule has 23 heavy (non-hydrogen) atoms. The van der Waals surface area contributed by atoms with E-state index in [4.69, 9.17) is 0 Å². The van der Waals surface area contributed by atoms with Gasteiger partial charge in [0.1, 0.15) is 0 Å². The maximum atomic E-state index is 12.8. The van der Waals surface area contributed by atoms with Crippen LogP contribution in [0, 0.1) is 11.8 Å². The molecule has 0 aliphatic heterocycles. The summed E-state index contributed by atoms with van der Waals surface area (Å²) >= 11 is 0. The maximum absolute atomic E-state index is 12.8. The first-order valence-electron chi connectivity index (χ1n) is 8.68. The quantitative estimate of drug-likeness (QED) is 0.664. The highest BCUT2D eigenvalue weighted by atomic mass is 16.1. The van der Waals surface area contributed by atoms with Gasteiger partial charge in [0.2, 0.25) is 0 Å². The number of carbonyl (C=O) groups excluding carboxylic acids is 1. The second-order valence-electron chi connectivity index (χ2n) is 7.36. The molecule has 0 radical (unpaired) electrons. The van der Waals surface area contributed by atoms with E-state index in [9.17, 15) is 4.79 Å². The van der Waals surface area contributed by atoms with Crippen LogP contribution in [0.2, 0.25) is 0 Å². The summed E-state index contributed by atoms with van der Waals surface area (Å²) in [7, 11) is 0. The topological polar surface area (TPSA) is 17.1 Å². The lowest BCUT2D eigenvalue weighted by atomic mass is 9.62. The molecule has 5 rings (SSSR count). The number of carbonyl (C=O) groups is 1. The molecule has 0 heterocycles. The maximum Gasteiger partial charge on any atom is 0.163 e. The largest absolute Gasteiger partial charge is 0.294 e. The third-order valence-corrected chi connectivity index (χ3v) is 6.27. The monoisotopic (exact) mass is 300 g/mol. The summed E-state index contributed by atoms with van der Waals surface area (Å²) in [6, 6.07) is 16.9. The van der Waals surface area contributed by atoms with Crippen molar-refractivity contribution in [3.8, 4) is 11.1 Å². The van der Waals surface area contributed by atoms with Crippen molar-refractivity contribution in [1.82, 2.24) is 0 Å². The molecule has 1 fully saturated rings. The van der Waals surface area contributed by atoms with Gasteiger partial charge in [0.25, 0.3) is 0 Å². The van der Waals surface area contributed by atoms with Crippen molar-refractivity contribution in [3.63, 3.8) is 0 Å². The van der Waals surface area contributed by atoms with Gasteiger partial charge in [-0.05, 0) is 47.8 Å². The lowest BCUT2D eigenvalue weighted by Crippen LogP contribution is -2.37. The van der Waals surface area contributed by atoms with Crippen molar-refractivity contribution in [2.75, 3.05) is 0 Å². The zero-order valence-electron chi connectivity index (χ0n) is 13.2. The van der Waals surface area contributed by atoms with Crippen LogP contribution in [0.4, 0.5) is 0 Å². The molecule has 0 aromatic heterocycles. The number of rotatable bonds is 1. The summed E-state index contributed by atoms with van der Waals surface area (Å²) in [5.74, 6) is 1.68. The summed E-state index contributed by atoms with van der Waals surface area (Å²) in [5, 5.41) is 0. The SMILES string of the molecule is O=C1CCC2(CC3C=CC2C3)c2cccc(-c3ccccc3)c21. The van der Waals surface area contributed by atoms with Gasteiger partial charge in [-0.25, -0.2) is 0 Å². The summed E-state index contributed by atoms with van der Waals surface area (Å²) in [5.41, 5.74) is 4.83. The number of hydrogen-bond donors (Lipinski definition) is 0. The Labute approximate surface area is 137 Å². The molecule has 2 aromatic rings. The van der Waals surface area contributed by atoms with E-state index in [1.807, 2.05) is 6.07 Å². The van der Waals surface area contributed by atoms with Crippen LogP contribution >= 0.6 is 0 Å². The predicted molar refractivity (Wildman–Crippen MR) is 92.5 cm³/mol. The molecular weight excluding hydrogens is 280 g/mol. The highest BCUT2D eigenvalue weighted by Gasteiger charge is 2.52. The number of hydrogen-bond acceptors (Lipinski definition) is 1. The van der Waals surface area contributed by atoms with Crippen LogP contribution in [0.15, 0.2) is 60.7 Å². The standard InChI is InChI=1S/C22H20O/c23-20-11-12-22(14-15-9-10-17(22)13-15)19-8-4-7-18(21(19)20)16-5-2-1-3-6-16/h1-10,15,17H,11-14H2. The predicted octanol–water partition coefficient (Wildman–Crippen LogP) is 5.16. The number of allylic oxidation sites excluding steroid dienone is 2. The molecule has 1 heteroatoms.